The first-order valence-corrected chi connectivity index (χ1v) is 12.9. The summed E-state index contributed by atoms with van der Waals surface area (Å²) < 4.78 is 4.84. The number of methoxy groups -OCH3 is 1. The molecule has 0 atom stereocenters. The largest absolute Gasteiger partial charge is 0.507 e. The van der Waals surface area contributed by atoms with Crippen LogP contribution in [-0.4, -0.2) is 24.7 Å². The number of carbonyl (C=O) groups excluding carboxylic acids is 1. The molecule has 0 saturated heterocycles. The quantitative estimate of drug-likeness (QED) is 0.179. The SMILES string of the molecule is CCCCCCN(Cc1ccc(C#Cc2ccc(CCC)cc2)cc1)c1ccc(O)c(C(=O)OC)c1. The fraction of sp³-hybridized carbons (Fsp3) is 0.344. The number of ether oxygens (including phenoxy) is 1. The number of aryl methyl sites for hydroxylation is 1. The smallest absolute Gasteiger partial charge is 0.341 e. The Morgan fingerprint density at radius 2 is 1.47 bits per heavy atom. The summed E-state index contributed by atoms with van der Waals surface area (Å²) in [5.41, 5.74) is 5.57. The van der Waals surface area contributed by atoms with Crippen LogP contribution in [0.5, 0.6) is 5.75 Å². The number of phenolic OH excluding ortho intramolecular Hbond substituents is 1. The van der Waals surface area contributed by atoms with Gasteiger partial charge < -0.3 is 14.7 Å². The summed E-state index contributed by atoms with van der Waals surface area (Å²) in [4.78, 5) is 14.4. The molecule has 0 heterocycles. The Labute approximate surface area is 215 Å². The van der Waals surface area contributed by atoms with Crippen LogP contribution in [0.2, 0.25) is 0 Å². The highest BCUT2D eigenvalue weighted by Crippen LogP contribution is 2.26. The van der Waals surface area contributed by atoms with Gasteiger partial charge in [0.1, 0.15) is 11.3 Å². The van der Waals surface area contributed by atoms with E-state index in [4.69, 9.17) is 4.74 Å². The van der Waals surface area contributed by atoms with Gasteiger partial charge in [0, 0.05) is 29.9 Å². The molecular formula is C32H37NO3. The molecule has 36 heavy (non-hydrogen) atoms. The van der Waals surface area contributed by atoms with Gasteiger partial charge in [0.25, 0.3) is 0 Å². The van der Waals surface area contributed by atoms with Gasteiger partial charge in [0.2, 0.25) is 0 Å². The molecule has 3 aromatic rings. The summed E-state index contributed by atoms with van der Waals surface area (Å²) in [6.45, 7) is 5.95. The Kier molecular flexibility index (Phi) is 10.5. The van der Waals surface area contributed by atoms with Gasteiger partial charge in [-0.2, -0.15) is 0 Å². The number of hydrogen-bond acceptors (Lipinski definition) is 4. The van der Waals surface area contributed by atoms with Crippen molar-refractivity contribution < 1.29 is 14.6 Å². The third-order valence-electron chi connectivity index (χ3n) is 6.20. The van der Waals surface area contributed by atoms with Crippen molar-refractivity contribution in [1.29, 1.82) is 0 Å². The Morgan fingerprint density at radius 1 is 0.833 bits per heavy atom. The lowest BCUT2D eigenvalue weighted by atomic mass is 10.1. The fourth-order valence-electron chi connectivity index (χ4n) is 4.12. The van der Waals surface area contributed by atoms with E-state index in [-0.39, 0.29) is 11.3 Å². The normalized spacial score (nSPS) is 10.4. The summed E-state index contributed by atoms with van der Waals surface area (Å²) in [5.74, 6) is 5.91. The monoisotopic (exact) mass is 483 g/mol. The molecule has 3 rings (SSSR count). The van der Waals surface area contributed by atoms with Crippen molar-refractivity contribution in [2.75, 3.05) is 18.6 Å². The molecular weight excluding hydrogens is 446 g/mol. The summed E-state index contributed by atoms with van der Waals surface area (Å²) in [5, 5.41) is 10.1. The molecule has 0 aliphatic heterocycles. The van der Waals surface area contributed by atoms with E-state index < -0.39 is 5.97 Å². The average molecular weight is 484 g/mol. The van der Waals surface area contributed by atoms with Gasteiger partial charge in [-0.25, -0.2) is 4.79 Å². The number of benzene rings is 3. The lowest BCUT2D eigenvalue weighted by Gasteiger charge is -2.26. The number of aromatic hydroxyl groups is 1. The molecule has 0 fully saturated rings. The van der Waals surface area contributed by atoms with E-state index in [1.54, 1.807) is 12.1 Å². The number of nitrogens with zero attached hydrogens (tertiary/aromatic N) is 1. The predicted molar refractivity (Wildman–Crippen MR) is 147 cm³/mol. The first kappa shape index (κ1) is 26.9. The van der Waals surface area contributed by atoms with Crippen molar-refractivity contribution in [2.24, 2.45) is 0 Å². The van der Waals surface area contributed by atoms with Crippen molar-refractivity contribution in [3.63, 3.8) is 0 Å². The molecule has 0 saturated carbocycles. The van der Waals surface area contributed by atoms with Crippen LogP contribution in [0.4, 0.5) is 5.69 Å². The van der Waals surface area contributed by atoms with Gasteiger partial charge >= 0.3 is 5.97 Å². The first-order valence-electron chi connectivity index (χ1n) is 12.9. The minimum absolute atomic E-state index is 0.0699. The molecule has 0 radical (unpaired) electrons. The average Bonchev–Trinajstić information content (AvgIpc) is 2.91. The Bertz CT molecular complexity index is 1170. The van der Waals surface area contributed by atoms with Crippen LogP contribution in [0, 0.1) is 11.8 Å². The predicted octanol–water partition coefficient (Wildman–Crippen LogP) is 7.12. The summed E-state index contributed by atoms with van der Waals surface area (Å²) in [6, 6.07) is 21.9. The maximum Gasteiger partial charge on any atom is 0.341 e. The molecule has 4 nitrogen and oxygen atoms in total. The van der Waals surface area contributed by atoms with Crippen LogP contribution in [-0.2, 0) is 17.7 Å². The maximum atomic E-state index is 12.1. The van der Waals surface area contributed by atoms with Gasteiger partial charge in [0.05, 0.1) is 7.11 Å². The number of esters is 1. The zero-order valence-electron chi connectivity index (χ0n) is 21.7. The summed E-state index contributed by atoms with van der Waals surface area (Å²) in [7, 11) is 1.32. The second-order valence-electron chi connectivity index (χ2n) is 9.07. The molecule has 0 spiro atoms. The van der Waals surface area contributed by atoms with E-state index >= 15 is 0 Å². The first-order chi connectivity index (χ1) is 17.5. The topological polar surface area (TPSA) is 49.8 Å². The summed E-state index contributed by atoms with van der Waals surface area (Å²) >= 11 is 0. The minimum atomic E-state index is -0.539. The summed E-state index contributed by atoms with van der Waals surface area (Å²) in [6.07, 6.45) is 6.83. The van der Waals surface area contributed by atoms with Crippen molar-refractivity contribution in [1.82, 2.24) is 0 Å². The zero-order chi connectivity index (χ0) is 25.8. The number of unbranched alkanes of at least 4 members (excludes halogenated alkanes) is 3. The molecule has 0 aliphatic rings. The molecule has 0 amide bonds. The highest BCUT2D eigenvalue weighted by atomic mass is 16.5. The molecule has 0 unspecified atom stereocenters. The maximum absolute atomic E-state index is 12.1. The molecule has 4 heteroatoms. The molecule has 3 aromatic carbocycles. The van der Waals surface area contributed by atoms with Crippen LogP contribution in [0.15, 0.2) is 66.7 Å². The van der Waals surface area contributed by atoms with Crippen LogP contribution in [0.25, 0.3) is 0 Å². The molecule has 0 aromatic heterocycles. The Hall–Kier alpha value is -3.71. The van der Waals surface area contributed by atoms with Gasteiger partial charge in [-0.1, -0.05) is 75.6 Å². The Balaban J connectivity index is 1.74. The fourth-order valence-corrected chi connectivity index (χ4v) is 4.12. The molecule has 0 bridgehead atoms. The van der Waals surface area contributed by atoms with Crippen LogP contribution < -0.4 is 4.90 Å². The van der Waals surface area contributed by atoms with Crippen molar-refractivity contribution in [2.45, 2.75) is 58.9 Å². The van der Waals surface area contributed by atoms with Crippen molar-refractivity contribution in [3.8, 4) is 17.6 Å². The van der Waals surface area contributed by atoms with E-state index in [9.17, 15) is 9.90 Å². The van der Waals surface area contributed by atoms with E-state index in [1.807, 2.05) is 6.07 Å². The lowest BCUT2D eigenvalue weighted by Crippen LogP contribution is -2.24. The van der Waals surface area contributed by atoms with Gasteiger partial charge in [-0.05, 0) is 66.4 Å². The standard InChI is InChI=1S/C32H37NO3/c1-4-6-7-8-22-33(29-20-21-31(34)30(23-29)32(35)36-3)24-28-18-16-27(17-19-28)15-14-26-12-10-25(9-5-2)11-13-26/h10-13,16-21,23,34H,4-9,22,24H2,1-3H3. The van der Waals surface area contributed by atoms with E-state index in [0.717, 1.165) is 54.6 Å². The number of anilines is 1. The molecule has 0 aliphatic carbocycles. The van der Waals surface area contributed by atoms with Gasteiger partial charge in [-0.15, -0.1) is 0 Å². The van der Waals surface area contributed by atoms with Gasteiger partial charge in [0.15, 0.2) is 0 Å². The van der Waals surface area contributed by atoms with Crippen molar-refractivity contribution in [3.05, 3.63) is 94.5 Å². The van der Waals surface area contributed by atoms with Crippen molar-refractivity contribution >= 4 is 11.7 Å². The second kappa shape index (κ2) is 14.0. The number of carbonyl (C=O) groups is 1. The lowest BCUT2D eigenvalue weighted by molar-refractivity contribution is 0.0597. The van der Waals surface area contributed by atoms with E-state index in [2.05, 4.69) is 79.1 Å². The third kappa shape index (κ3) is 7.92. The third-order valence-corrected chi connectivity index (χ3v) is 6.20. The highest BCUT2D eigenvalue weighted by Gasteiger charge is 2.15. The minimum Gasteiger partial charge on any atom is -0.507 e. The van der Waals surface area contributed by atoms with E-state index in [0.29, 0.717) is 6.54 Å². The van der Waals surface area contributed by atoms with Crippen LogP contribution >= 0.6 is 0 Å². The number of hydrogen-bond donors (Lipinski definition) is 1. The van der Waals surface area contributed by atoms with Crippen LogP contribution in [0.3, 0.4) is 0 Å². The van der Waals surface area contributed by atoms with Gasteiger partial charge in [-0.3, -0.25) is 0 Å². The second-order valence-corrected chi connectivity index (χ2v) is 9.07. The Morgan fingerprint density at radius 3 is 2.06 bits per heavy atom. The number of rotatable bonds is 11. The van der Waals surface area contributed by atoms with E-state index in [1.165, 1.54) is 25.5 Å². The van der Waals surface area contributed by atoms with Crippen LogP contribution in [0.1, 0.15) is 78.6 Å². The highest BCUT2D eigenvalue weighted by molar-refractivity contribution is 5.93. The molecule has 1 N–H and O–H groups in total. The number of phenols is 1. The zero-order valence-corrected chi connectivity index (χ0v) is 21.7. The molecule has 188 valence electrons.